The maximum atomic E-state index is 13.1. The van der Waals surface area contributed by atoms with E-state index in [0.29, 0.717) is 43.2 Å². The van der Waals surface area contributed by atoms with E-state index in [9.17, 15) is 14.5 Å². The molecule has 2 aromatic carbocycles. The van der Waals surface area contributed by atoms with Crippen molar-refractivity contribution in [3.05, 3.63) is 63.5 Å². The Kier molecular flexibility index (Phi) is 6.88. The molecule has 0 spiro atoms. The van der Waals surface area contributed by atoms with Crippen LogP contribution in [0.1, 0.15) is 11.1 Å². The third-order valence-electron chi connectivity index (χ3n) is 3.94. The number of halogens is 1. The average molecular weight is 363 g/mol. The Balaban J connectivity index is 2.31. The summed E-state index contributed by atoms with van der Waals surface area (Å²) in [5, 5.41) is 11.4. The van der Waals surface area contributed by atoms with Gasteiger partial charge in [0.1, 0.15) is 5.82 Å². The van der Waals surface area contributed by atoms with E-state index in [0.717, 1.165) is 5.56 Å². The summed E-state index contributed by atoms with van der Waals surface area (Å²) >= 11 is 0. The summed E-state index contributed by atoms with van der Waals surface area (Å²) in [5.74, 6) is 0.407. The van der Waals surface area contributed by atoms with E-state index in [-0.39, 0.29) is 11.5 Å². The van der Waals surface area contributed by atoms with Gasteiger partial charge in [-0.15, -0.1) is 0 Å². The number of nitrogens with zero attached hydrogens (tertiary/aromatic N) is 2. The lowest BCUT2D eigenvalue weighted by Crippen LogP contribution is -2.29. The third-order valence-corrected chi connectivity index (χ3v) is 3.94. The Morgan fingerprint density at radius 2 is 1.73 bits per heavy atom. The number of nitro groups is 1. The highest BCUT2D eigenvalue weighted by Crippen LogP contribution is 2.35. The van der Waals surface area contributed by atoms with Gasteiger partial charge in [0.05, 0.1) is 25.2 Å². The van der Waals surface area contributed by atoms with Gasteiger partial charge in [-0.1, -0.05) is 12.1 Å². The lowest BCUT2D eigenvalue weighted by molar-refractivity contribution is -0.385. The summed E-state index contributed by atoms with van der Waals surface area (Å²) in [5.41, 5.74) is 7.01. The van der Waals surface area contributed by atoms with Crippen LogP contribution in [0.4, 0.5) is 10.1 Å². The average Bonchev–Trinajstić information content (AvgIpc) is 2.63. The van der Waals surface area contributed by atoms with Crippen LogP contribution in [0.3, 0.4) is 0 Å². The van der Waals surface area contributed by atoms with Crippen LogP contribution in [0.5, 0.6) is 11.5 Å². The first-order chi connectivity index (χ1) is 12.5. The molecule has 0 unspecified atom stereocenters. The van der Waals surface area contributed by atoms with Crippen LogP contribution in [-0.2, 0) is 13.1 Å². The standard InChI is InChI=1S/C18H22FN3O4/c1-25-17-9-14(16(22(23)24)10-18(17)26-2)12-21(8-7-20)11-13-3-5-15(19)6-4-13/h3-6,9-10H,7-8,11-12,20H2,1-2H3. The molecular weight excluding hydrogens is 341 g/mol. The Morgan fingerprint density at radius 1 is 1.12 bits per heavy atom. The van der Waals surface area contributed by atoms with Crippen molar-refractivity contribution < 1.29 is 18.8 Å². The second-order valence-electron chi connectivity index (χ2n) is 5.72. The highest BCUT2D eigenvalue weighted by Gasteiger charge is 2.21. The SMILES string of the molecule is COc1cc(CN(CCN)Cc2ccc(F)cc2)c([N+](=O)[O-])cc1OC. The lowest BCUT2D eigenvalue weighted by atomic mass is 10.1. The third kappa shape index (κ3) is 4.90. The Labute approximate surface area is 151 Å². The number of rotatable bonds is 9. The smallest absolute Gasteiger partial charge is 0.277 e. The Bertz CT molecular complexity index is 753. The van der Waals surface area contributed by atoms with E-state index in [2.05, 4.69) is 0 Å². The summed E-state index contributed by atoms with van der Waals surface area (Å²) in [7, 11) is 2.90. The van der Waals surface area contributed by atoms with Gasteiger partial charge >= 0.3 is 0 Å². The predicted molar refractivity (Wildman–Crippen MR) is 95.8 cm³/mol. The van der Waals surface area contributed by atoms with Crippen molar-refractivity contribution >= 4 is 5.69 Å². The van der Waals surface area contributed by atoms with E-state index in [1.54, 1.807) is 18.2 Å². The molecule has 2 rings (SSSR count). The van der Waals surface area contributed by atoms with Gasteiger partial charge in [0.25, 0.3) is 5.69 Å². The molecule has 0 saturated heterocycles. The van der Waals surface area contributed by atoms with Crippen LogP contribution < -0.4 is 15.2 Å². The van der Waals surface area contributed by atoms with Gasteiger partial charge in [0, 0.05) is 31.7 Å². The highest BCUT2D eigenvalue weighted by atomic mass is 19.1. The molecule has 2 aromatic rings. The van der Waals surface area contributed by atoms with Crippen LogP contribution in [0.25, 0.3) is 0 Å². The molecule has 140 valence electrons. The topological polar surface area (TPSA) is 90.9 Å². The molecule has 2 N–H and O–H groups in total. The number of nitro benzene ring substituents is 1. The minimum absolute atomic E-state index is 0.0521. The zero-order valence-corrected chi connectivity index (χ0v) is 14.8. The zero-order valence-electron chi connectivity index (χ0n) is 14.8. The first-order valence-corrected chi connectivity index (χ1v) is 8.04. The van der Waals surface area contributed by atoms with Gasteiger partial charge in [-0.2, -0.15) is 0 Å². The first-order valence-electron chi connectivity index (χ1n) is 8.04. The number of hydrogen-bond acceptors (Lipinski definition) is 6. The van der Waals surface area contributed by atoms with E-state index < -0.39 is 4.92 Å². The van der Waals surface area contributed by atoms with E-state index >= 15 is 0 Å². The summed E-state index contributed by atoms with van der Waals surface area (Å²) < 4.78 is 23.5. The maximum absolute atomic E-state index is 13.1. The molecule has 0 amide bonds. The second-order valence-corrected chi connectivity index (χ2v) is 5.72. The molecule has 0 aromatic heterocycles. The Morgan fingerprint density at radius 3 is 2.27 bits per heavy atom. The van der Waals surface area contributed by atoms with Crippen LogP contribution in [-0.4, -0.2) is 37.1 Å². The van der Waals surface area contributed by atoms with Gasteiger partial charge < -0.3 is 15.2 Å². The van der Waals surface area contributed by atoms with E-state index in [1.165, 1.54) is 32.4 Å². The van der Waals surface area contributed by atoms with Crippen LogP contribution >= 0.6 is 0 Å². The van der Waals surface area contributed by atoms with Gasteiger partial charge in [-0.25, -0.2) is 4.39 Å². The summed E-state index contributed by atoms with van der Waals surface area (Å²) in [6.07, 6.45) is 0. The quantitative estimate of drug-likeness (QED) is 0.544. The van der Waals surface area contributed by atoms with E-state index in [4.69, 9.17) is 15.2 Å². The molecule has 7 nitrogen and oxygen atoms in total. The van der Waals surface area contributed by atoms with Crippen molar-refractivity contribution in [3.63, 3.8) is 0 Å². The zero-order chi connectivity index (χ0) is 19.1. The number of methoxy groups -OCH3 is 2. The molecule has 0 bridgehead atoms. The highest BCUT2D eigenvalue weighted by molar-refractivity contribution is 5.54. The lowest BCUT2D eigenvalue weighted by Gasteiger charge is -2.22. The number of nitrogens with two attached hydrogens (primary N) is 1. The van der Waals surface area contributed by atoms with Crippen molar-refractivity contribution in [2.75, 3.05) is 27.3 Å². The fraction of sp³-hybridized carbons (Fsp3) is 0.333. The van der Waals surface area contributed by atoms with Crippen LogP contribution in [0.15, 0.2) is 36.4 Å². The molecule has 0 fully saturated rings. The molecule has 0 aliphatic rings. The monoisotopic (exact) mass is 363 g/mol. The summed E-state index contributed by atoms with van der Waals surface area (Å²) in [6, 6.07) is 9.09. The maximum Gasteiger partial charge on any atom is 0.277 e. The van der Waals surface area contributed by atoms with E-state index in [1.807, 2.05) is 4.90 Å². The van der Waals surface area contributed by atoms with Crippen molar-refractivity contribution in [1.82, 2.24) is 4.90 Å². The molecule has 0 radical (unpaired) electrons. The van der Waals surface area contributed by atoms with Gasteiger partial charge in [-0.05, 0) is 23.8 Å². The molecule has 26 heavy (non-hydrogen) atoms. The number of ether oxygens (including phenoxy) is 2. The first kappa shape index (κ1) is 19.6. The normalized spacial score (nSPS) is 10.8. The molecular formula is C18H22FN3O4. The van der Waals surface area contributed by atoms with Crippen LogP contribution in [0.2, 0.25) is 0 Å². The summed E-state index contributed by atoms with van der Waals surface area (Å²) in [6.45, 7) is 1.71. The van der Waals surface area contributed by atoms with Gasteiger partial charge in [0.2, 0.25) is 0 Å². The minimum atomic E-state index is -0.449. The molecule has 8 heteroatoms. The van der Waals surface area contributed by atoms with Gasteiger partial charge in [-0.3, -0.25) is 15.0 Å². The molecule has 0 aliphatic heterocycles. The molecule has 0 atom stereocenters. The Hall–Kier alpha value is -2.71. The second kappa shape index (κ2) is 9.12. The summed E-state index contributed by atoms with van der Waals surface area (Å²) in [4.78, 5) is 13.0. The molecule has 0 heterocycles. The molecule has 0 saturated carbocycles. The van der Waals surface area contributed by atoms with Crippen molar-refractivity contribution in [2.24, 2.45) is 5.73 Å². The van der Waals surface area contributed by atoms with Crippen molar-refractivity contribution in [3.8, 4) is 11.5 Å². The fourth-order valence-corrected chi connectivity index (χ4v) is 2.69. The molecule has 0 aliphatic carbocycles. The fourth-order valence-electron chi connectivity index (χ4n) is 2.69. The van der Waals surface area contributed by atoms with Crippen molar-refractivity contribution in [1.29, 1.82) is 0 Å². The largest absolute Gasteiger partial charge is 0.493 e. The number of benzene rings is 2. The minimum Gasteiger partial charge on any atom is -0.493 e. The van der Waals surface area contributed by atoms with Crippen molar-refractivity contribution in [2.45, 2.75) is 13.1 Å². The predicted octanol–water partition coefficient (Wildman–Crippen LogP) is 2.71. The number of hydrogen-bond donors (Lipinski definition) is 1. The van der Waals surface area contributed by atoms with Crippen LogP contribution in [0, 0.1) is 15.9 Å². The van der Waals surface area contributed by atoms with Gasteiger partial charge in [0.15, 0.2) is 11.5 Å².